The number of phenols is 1. The number of aryl methyl sites for hydroxylation is 1. The van der Waals surface area contributed by atoms with Gasteiger partial charge >= 0.3 is 18.1 Å². The Bertz CT molecular complexity index is 4790. The fourth-order valence-electron chi connectivity index (χ4n) is 13.0. The van der Waals surface area contributed by atoms with Crippen LogP contribution in [-0.4, -0.2) is 142 Å². The molecule has 0 bridgehead atoms. The number of aromatic hydroxyl groups is 1. The summed E-state index contributed by atoms with van der Waals surface area (Å²) in [4.78, 5) is 67.7. The molecule has 20 heteroatoms. The summed E-state index contributed by atoms with van der Waals surface area (Å²) in [5, 5.41) is 30.5. The number of nitrogens with zero attached hydrogens (tertiary/aromatic N) is 2. The highest BCUT2D eigenvalue weighted by Gasteiger charge is 2.31. The minimum Gasteiger partial charge on any atom is -0.507 e. The van der Waals surface area contributed by atoms with E-state index in [4.69, 9.17) is 60.8 Å². The summed E-state index contributed by atoms with van der Waals surface area (Å²) in [6.45, 7) is 14.6. The molecule has 1 atom stereocenters. The second-order valence-corrected chi connectivity index (χ2v) is 23.6. The first kappa shape index (κ1) is 68.1. The minimum absolute atomic E-state index is 0.0103. The van der Waals surface area contributed by atoms with Gasteiger partial charge in [-0.25, -0.2) is 0 Å². The van der Waals surface area contributed by atoms with Crippen LogP contribution in [0.5, 0.6) is 23.0 Å². The van der Waals surface area contributed by atoms with Crippen LogP contribution in [0.1, 0.15) is 67.7 Å². The van der Waals surface area contributed by atoms with Gasteiger partial charge in [0.15, 0.2) is 0 Å². The van der Waals surface area contributed by atoms with E-state index in [0.717, 1.165) is 172 Å². The molecule has 502 valence electrons. The number of furan rings is 4. The zero-order chi connectivity index (χ0) is 67.8. The molecule has 1 saturated carbocycles. The molecule has 3 aliphatic rings. The Balaban J connectivity index is 0.000000131. The number of rotatable bonds is 17. The van der Waals surface area contributed by atoms with Crippen molar-refractivity contribution >= 4 is 117 Å². The van der Waals surface area contributed by atoms with E-state index in [-0.39, 0.29) is 54.6 Å². The van der Waals surface area contributed by atoms with Crippen LogP contribution in [-0.2, 0) is 62.2 Å². The average molecular weight is 1320 g/mol. The van der Waals surface area contributed by atoms with Crippen LogP contribution in [0.2, 0.25) is 0 Å². The van der Waals surface area contributed by atoms with E-state index in [0.29, 0.717) is 49.2 Å². The van der Waals surface area contributed by atoms with Gasteiger partial charge < -0.3 is 56.3 Å². The lowest BCUT2D eigenvalue weighted by atomic mass is 9.81. The lowest BCUT2D eigenvalue weighted by Gasteiger charge is -2.26. The Hall–Kier alpha value is -10.3. The molecular weight excluding hydrogens is 1240 g/mol. The van der Waals surface area contributed by atoms with Crippen molar-refractivity contribution in [3.8, 4) is 23.0 Å². The number of benzene rings is 8. The quantitative estimate of drug-likeness (QED) is 0.0634. The molecule has 2 saturated heterocycles. The van der Waals surface area contributed by atoms with Gasteiger partial charge in [0.25, 0.3) is 0 Å². The number of carbonyl (C=O) groups is 4. The lowest BCUT2D eigenvalue weighted by Crippen LogP contribution is -2.38. The molecule has 4 aromatic heterocycles. The topological polar surface area (TPSA) is 257 Å². The van der Waals surface area contributed by atoms with Crippen LogP contribution in [0.25, 0.3) is 87.0 Å². The van der Waals surface area contributed by atoms with Crippen LogP contribution >= 0.6 is 0 Å². The van der Waals surface area contributed by atoms with Gasteiger partial charge in [0, 0.05) is 111 Å². The summed E-state index contributed by atoms with van der Waals surface area (Å²) in [6.07, 6.45) is 10.2. The summed E-state index contributed by atoms with van der Waals surface area (Å²) in [5.41, 5.74) is 6.73. The Morgan fingerprint density at radius 2 is 0.990 bits per heavy atom. The lowest BCUT2D eigenvalue weighted by molar-refractivity contribution is -0.191. The third-order valence-electron chi connectivity index (χ3n) is 17.6. The normalized spacial score (nSPS) is 15.1. The van der Waals surface area contributed by atoms with Crippen LogP contribution in [0.15, 0.2) is 164 Å². The van der Waals surface area contributed by atoms with Crippen molar-refractivity contribution in [1.29, 1.82) is 0 Å². The Morgan fingerprint density at radius 1 is 0.546 bits per heavy atom. The molecule has 0 amide bonds. The summed E-state index contributed by atoms with van der Waals surface area (Å²) < 4.78 is 55.9. The number of aliphatic carboxylic acids is 1. The Kier molecular flexibility index (Phi) is 22.7. The number of esters is 1. The maximum absolute atomic E-state index is 12.5. The van der Waals surface area contributed by atoms with Gasteiger partial charge in [-0.1, -0.05) is 61.9 Å². The summed E-state index contributed by atoms with van der Waals surface area (Å²) in [7, 11) is 1.65. The molecule has 0 radical (unpaired) electrons. The standard InChI is InChI=1S/C24H25NO5.C21H25NO3.C17H16O4.C14H10O4.CO2/c26-16-4-5-17(21(27)14-16)20-15-30-23-7-6-18-19(24(20)23)2-1-3-22(18)29-13-10-25-8-11-28-12-9-25;1-2-4-16-15-25-20-8-7-17-18(21(16)20)5-3-6-19(17)24-14-11-22-9-12-23-13-10-22;1-3-20-16(18)9-11-10-21-15-8-7-12-13(17(11)15)5-4-6-14(12)19-2;15-11-3-1-2-10-9(11)4-5-12-14(10)8(7-18-12)6-13(16)17;2-1-3/h1-3,6-7,15,17H,4-5,8-14H2;3,5-8,15H,2,4,9-14H2,1H3;4-8,10H,3,9H2,1-2H3;1-5,7,15H,6H2,(H,16,17);. The molecule has 0 spiro atoms. The van der Waals surface area contributed by atoms with Gasteiger partial charge in [-0.2, -0.15) is 9.59 Å². The van der Waals surface area contributed by atoms with Crippen LogP contribution in [0.4, 0.5) is 0 Å². The molecule has 1 unspecified atom stereocenters. The van der Waals surface area contributed by atoms with E-state index >= 15 is 0 Å². The molecule has 12 aromatic rings. The van der Waals surface area contributed by atoms with E-state index in [1.807, 2.05) is 73.0 Å². The summed E-state index contributed by atoms with van der Waals surface area (Å²) >= 11 is 0. The van der Waals surface area contributed by atoms with Crippen molar-refractivity contribution < 1.29 is 85.1 Å². The molecule has 6 heterocycles. The van der Waals surface area contributed by atoms with E-state index in [2.05, 4.69) is 47.1 Å². The molecule has 1 aliphatic carbocycles. The fourth-order valence-corrected chi connectivity index (χ4v) is 13.0. The van der Waals surface area contributed by atoms with Crippen LogP contribution in [0.3, 0.4) is 0 Å². The van der Waals surface area contributed by atoms with E-state index in [9.17, 15) is 24.3 Å². The molecule has 2 N–H and O–H groups in total. The van der Waals surface area contributed by atoms with Crippen molar-refractivity contribution in [2.45, 2.75) is 64.7 Å². The highest BCUT2D eigenvalue weighted by molar-refractivity contribution is 6.14. The van der Waals surface area contributed by atoms with Gasteiger partial charge in [0.1, 0.15) is 70.1 Å². The zero-order valence-corrected chi connectivity index (χ0v) is 54.4. The SMILES string of the molecule is CCCc1coc2ccc3c(OCCN4CCOCC4)cccc3c12.CCOC(=O)Cc1coc2ccc3c(OC)cccc3c12.O=C(O)Cc1coc2ccc3c(O)cccc3c12.O=C1CCC(c2coc3ccc4c(OCCN5CCOCC5)cccc4c23)C(=O)C1.O=C=O. The number of carboxylic acid groups (broad SMARTS) is 1. The second kappa shape index (κ2) is 32.4. The monoisotopic (exact) mass is 1320 g/mol. The number of hydrogen-bond donors (Lipinski definition) is 2. The van der Waals surface area contributed by atoms with Crippen LogP contribution in [0, 0.1) is 0 Å². The summed E-state index contributed by atoms with van der Waals surface area (Å²) in [6, 6.07) is 38.8. The van der Waals surface area contributed by atoms with Gasteiger partial charge in [-0.3, -0.25) is 29.0 Å². The van der Waals surface area contributed by atoms with Gasteiger partial charge in [-0.05, 0) is 120 Å². The molecule has 97 heavy (non-hydrogen) atoms. The van der Waals surface area contributed by atoms with Gasteiger partial charge in [0.05, 0.1) is 84.5 Å². The predicted octanol–water partition coefficient (Wildman–Crippen LogP) is 14.0. The number of ether oxygens (including phenoxy) is 6. The molecule has 3 fully saturated rings. The number of Topliss-reactive ketones (excluding diaryl/α,β-unsaturated/α-hetero) is 2. The number of fused-ring (bicyclic) bond motifs is 12. The Morgan fingerprint density at radius 3 is 1.49 bits per heavy atom. The molecular formula is C77H76N2O18. The number of methoxy groups -OCH3 is 1. The van der Waals surface area contributed by atoms with Crippen LogP contribution < -0.4 is 14.2 Å². The number of phenolic OH excluding ortho intramolecular Hbond substituents is 1. The third-order valence-corrected chi connectivity index (χ3v) is 17.6. The molecule has 8 aromatic carbocycles. The molecule has 20 nitrogen and oxygen atoms in total. The third kappa shape index (κ3) is 15.8. The van der Waals surface area contributed by atoms with Crippen molar-refractivity contribution in [2.24, 2.45) is 0 Å². The first-order valence-electron chi connectivity index (χ1n) is 32.6. The fraction of sp³-hybridized carbons (Fsp3) is 0.312. The van der Waals surface area contributed by atoms with E-state index < -0.39 is 5.97 Å². The van der Waals surface area contributed by atoms with Gasteiger partial charge in [0.2, 0.25) is 0 Å². The second-order valence-electron chi connectivity index (χ2n) is 23.6. The Labute approximate surface area is 558 Å². The van der Waals surface area contributed by atoms with E-state index in [1.54, 1.807) is 50.8 Å². The first-order valence-corrected chi connectivity index (χ1v) is 32.6. The largest absolute Gasteiger partial charge is 0.507 e. The molecule has 2 aliphatic heterocycles. The van der Waals surface area contributed by atoms with Crippen molar-refractivity contribution in [3.63, 3.8) is 0 Å². The highest BCUT2D eigenvalue weighted by Crippen LogP contribution is 2.42. The minimum atomic E-state index is -0.908. The summed E-state index contributed by atoms with van der Waals surface area (Å²) in [5.74, 6) is 1.36. The number of carboxylic acids is 1. The maximum Gasteiger partial charge on any atom is 0.373 e. The first-order chi connectivity index (χ1) is 47.4. The van der Waals surface area contributed by atoms with Crippen molar-refractivity contribution in [1.82, 2.24) is 9.80 Å². The maximum atomic E-state index is 12.5. The number of ketones is 2. The molecule has 15 rings (SSSR count). The predicted molar refractivity (Wildman–Crippen MR) is 366 cm³/mol. The number of hydrogen-bond acceptors (Lipinski definition) is 19. The van der Waals surface area contributed by atoms with E-state index in [1.165, 1.54) is 22.6 Å². The smallest absolute Gasteiger partial charge is 0.373 e. The average Bonchev–Trinajstić information content (AvgIpc) is 1.83. The zero-order valence-electron chi connectivity index (χ0n) is 54.4. The highest BCUT2D eigenvalue weighted by atomic mass is 16.5. The van der Waals surface area contributed by atoms with Crippen molar-refractivity contribution in [3.05, 3.63) is 169 Å². The van der Waals surface area contributed by atoms with Crippen molar-refractivity contribution in [2.75, 3.05) is 92.6 Å². The number of morpholine rings is 2. The van der Waals surface area contributed by atoms with Gasteiger partial charge in [-0.15, -0.1) is 0 Å². The number of carbonyl (C=O) groups excluding carboxylic acids is 5.